The number of hydrogen-bond donors (Lipinski definition) is 0. The average Bonchev–Trinajstić information content (AvgIpc) is 2.57. The minimum Gasteiger partial charge on any atom is -0.217 e. The molecule has 0 bridgehead atoms. The first-order chi connectivity index (χ1) is 7.25. The van der Waals surface area contributed by atoms with Crippen LogP contribution in [0.3, 0.4) is 0 Å². The Morgan fingerprint density at radius 1 is 1.07 bits per heavy atom. The molecule has 3 aromatic rings. The number of rotatable bonds is 0. The molecular weight excluding hydrogens is 204 g/mol. The molecule has 2 heterocycles. The minimum absolute atomic E-state index is 0.976. The lowest BCUT2D eigenvalue weighted by molar-refractivity contribution is 0.495. The van der Waals surface area contributed by atoms with Gasteiger partial charge in [-0.15, -0.1) is 11.3 Å². The second-order valence-electron chi connectivity index (χ2n) is 3.75. The fraction of sp³-hybridized carbons (Fsp3) is 0.154. The van der Waals surface area contributed by atoms with Crippen LogP contribution in [0, 0.1) is 13.8 Å². The van der Waals surface area contributed by atoms with Crippen molar-refractivity contribution in [1.82, 2.24) is 0 Å². The lowest BCUT2D eigenvalue weighted by Crippen LogP contribution is -1.76. The Bertz CT molecular complexity index is 652. The van der Waals surface area contributed by atoms with E-state index in [2.05, 4.69) is 30.3 Å². The first kappa shape index (κ1) is 8.86. The van der Waals surface area contributed by atoms with Gasteiger partial charge in [0.25, 0.3) is 0 Å². The van der Waals surface area contributed by atoms with Gasteiger partial charge in [0.05, 0.1) is 13.8 Å². The van der Waals surface area contributed by atoms with Gasteiger partial charge in [-0.05, 0) is 6.07 Å². The van der Waals surface area contributed by atoms with E-state index in [0.29, 0.717) is 0 Å². The molecule has 0 atom stereocenters. The van der Waals surface area contributed by atoms with Crippen LogP contribution in [0.15, 0.2) is 34.7 Å². The van der Waals surface area contributed by atoms with E-state index < -0.39 is 0 Å². The standard InChI is InChI=1S/C13H11OS/c1-8-7-11-10-5-3-4-6-12(10)15-13(11)9(2)14-8/h3-7H,1-2H3/q+1. The molecule has 15 heavy (non-hydrogen) atoms. The van der Waals surface area contributed by atoms with E-state index in [4.69, 9.17) is 4.42 Å². The molecule has 2 heteroatoms. The van der Waals surface area contributed by atoms with E-state index in [1.54, 1.807) is 11.3 Å². The third-order valence-corrected chi connectivity index (χ3v) is 3.90. The molecule has 0 aliphatic heterocycles. The fourth-order valence-electron chi connectivity index (χ4n) is 1.99. The van der Waals surface area contributed by atoms with Crippen LogP contribution >= 0.6 is 11.3 Å². The lowest BCUT2D eigenvalue weighted by Gasteiger charge is -1.88. The van der Waals surface area contributed by atoms with Crippen LogP contribution in [0.1, 0.15) is 11.5 Å². The van der Waals surface area contributed by atoms with Gasteiger partial charge in [-0.1, -0.05) is 18.2 Å². The second-order valence-corrected chi connectivity index (χ2v) is 4.81. The molecule has 0 spiro atoms. The van der Waals surface area contributed by atoms with Crippen molar-refractivity contribution in [3.63, 3.8) is 0 Å². The van der Waals surface area contributed by atoms with Crippen molar-refractivity contribution in [3.8, 4) is 0 Å². The first-order valence-electron chi connectivity index (χ1n) is 4.97. The molecule has 0 fully saturated rings. The molecule has 0 aliphatic carbocycles. The molecule has 0 N–H and O–H groups in total. The summed E-state index contributed by atoms with van der Waals surface area (Å²) in [5.74, 6) is 2.00. The van der Waals surface area contributed by atoms with Gasteiger partial charge in [0.2, 0.25) is 0 Å². The van der Waals surface area contributed by atoms with Crippen molar-refractivity contribution >= 4 is 31.5 Å². The van der Waals surface area contributed by atoms with Crippen molar-refractivity contribution in [2.24, 2.45) is 0 Å². The van der Waals surface area contributed by atoms with E-state index in [1.807, 2.05) is 13.8 Å². The Morgan fingerprint density at radius 2 is 1.87 bits per heavy atom. The normalized spacial score (nSPS) is 11.3. The maximum atomic E-state index is 5.63. The summed E-state index contributed by atoms with van der Waals surface area (Å²) in [7, 11) is 0. The smallest absolute Gasteiger partial charge is 0.217 e. The number of fused-ring (bicyclic) bond motifs is 3. The number of hydrogen-bond acceptors (Lipinski definition) is 1. The highest BCUT2D eigenvalue weighted by Gasteiger charge is 2.16. The summed E-state index contributed by atoms with van der Waals surface area (Å²) in [4.78, 5) is 0. The molecule has 0 saturated heterocycles. The van der Waals surface area contributed by atoms with Crippen molar-refractivity contribution in [3.05, 3.63) is 41.9 Å². The maximum absolute atomic E-state index is 5.63. The zero-order valence-corrected chi connectivity index (χ0v) is 9.52. The van der Waals surface area contributed by atoms with Gasteiger partial charge in [0.15, 0.2) is 0 Å². The monoisotopic (exact) mass is 215 g/mol. The van der Waals surface area contributed by atoms with Gasteiger partial charge in [-0.2, -0.15) is 0 Å². The van der Waals surface area contributed by atoms with Crippen molar-refractivity contribution in [1.29, 1.82) is 0 Å². The Hall–Kier alpha value is -1.41. The number of thiophene rings is 1. The topological polar surface area (TPSA) is 11.3 Å². The Labute approximate surface area is 92.0 Å². The zero-order chi connectivity index (χ0) is 10.4. The van der Waals surface area contributed by atoms with Gasteiger partial charge < -0.3 is 0 Å². The molecule has 0 unspecified atom stereocenters. The summed E-state index contributed by atoms with van der Waals surface area (Å²) in [6.45, 7) is 4.03. The quantitative estimate of drug-likeness (QED) is 0.501. The lowest BCUT2D eigenvalue weighted by atomic mass is 10.1. The van der Waals surface area contributed by atoms with E-state index in [0.717, 1.165) is 11.5 Å². The summed E-state index contributed by atoms with van der Waals surface area (Å²) in [6.07, 6.45) is 0. The van der Waals surface area contributed by atoms with Crippen LogP contribution in [-0.4, -0.2) is 0 Å². The molecule has 0 amide bonds. The molecule has 0 radical (unpaired) electrons. The summed E-state index contributed by atoms with van der Waals surface area (Å²) < 4.78 is 8.23. The Balaban J connectivity index is 2.61. The summed E-state index contributed by atoms with van der Waals surface area (Å²) in [5.41, 5.74) is 0. The second kappa shape index (κ2) is 3.04. The number of benzene rings is 1. The summed E-state index contributed by atoms with van der Waals surface area (Å²) >= 11 is 1.80. The predicted molar refractivity (Wildman–Crippen MR) is 65.5 cm³/mol. The highest BCUT2D eigenvalue weighted by molar-refractivity contribution is 7.26. The van der Waals surface area contributed by atoms with Crippen LogP contribution in [0.4, 0.5) is 0 Å². The fourth-order valence-corrected chi connectivity index (χ4v) is 3.11. The van der Waals surface area contributed by atoms with Gasteiger partial charge in [-0.3, -0.25) is 0 Å². The van der Waals surface area contributed by atoms with Gasteiger partial charge in [0, 0.05) is 21.5 Å². The first-order valence-corrected chi connectivity index (χ1v) is 5.79. The minimum atomic E-state index is 0.976. The van der Waals surface area contributed by atoms with Crippen LogP contribution < -0.4 is 0 Å². The molecule has 0 saturated carbocycles. The average molecular weight is 215 g/mol. The van der Waals surface area contributed by atoms with Gasteiger partial charge in [0.1, 0.15) is 4.70 Å². The third-order valence-electron chi connectivity index (χ3n) is 2.62. The van der Waals surface area contributed by atoms with Crippen LogP contribution in [0.5, 0.6) is 0 Å². The van der Waals surface area contributed by atoms with Crippen molar-refractivity contribution in [2.45, 2.75) is 13.8 Å². The van der Waals surface area contributed by atoms with Crippen molar-refractivity contribution in [2.75, 3.05) is 0 Å². The number of aryl methyl sites for hydroxylation is 2. The van der Waals surface area contributed by atoms with Gasteiger partial charge >= 0.3 is 11.5 Å². The van der Waals surface area contributed by atoms with Crippen molar-refractivity contribution < 1.29 is 4.42 Å². The predicted octanol–water partition coefficient (Wildman–Crippen LogP) is 4.55. The SMILES string of the molecule is Cc1cc2c(sc3ccccc32)c(C)[o+]1. The van der Waals surface area contributed by atoms with E-state index >= 15 is 0 Å². The summed E-state index contributed by atoms with van der Waals surface area (Å²) in [6, 6.07) is 10.6. The molecule has 3 rings (SSSR count). The van der Waals surface area contributed by atoms with Crippen LogP contribution in [0.2, 0.25) is 0 Å². The largest absolute Gasteiger partial charge is 0.344 e. The maximum Gasteiger partial charge on any atom is 0.344 e. The van der Waals surface area contributed by atoms with E-state index in [9.17, 15) is 0 Å². The Kier molecular flexibility index (Phi) is 1.80. The summed E-state index contributed by atoms with van der Waals surface area (Å²) in [5, 5.41) is 2.65. The highest BCUT2D eigenvalue weighted by atomic mass is 32.1. The van der Waals surface area contributed by atoms with E-state index in [-0.39, 0.29) is 0 Å². The highest BCUT2D eigenvalue weighted by Crippen LogP contribution is 2.36. The Morgan fingerprint density at radius 3 is 2.73 bits per heavy atom. The third kappa shape index (κ3) is 1.25. The van der Waals surface area contributed by atoms with Gasteiger partial charge in [-0.25, -0.2) is 4.42 Å². The van der Waals surface area contributed by atoms with Crippen LogP contribution in [-0.2, 0) is 0 Å². The zero-order valence-electron chi connectivity index (χ0n) is 8.70. The molecule has 0 aliphatic rings. The molecule has 1 aromatic carbocycles. The van der Waals surface area contributed by atoms with Crippen LogP contribution in [0.25, 0.3) is 20.2 Å². The molecule has 74 valence electrons. The van der Waals surface area contributed by atoms with E-state index in [1.165, 1.54) is 20.2 Å². The molecule has 2 aromatic heterocycles. The molecular formula is C13H11OS+. The molecule has 1 nitrogen and oxygen atoms in total.